The van der Waals surface area contributed by atoms with Crippen LogP contribution in [-0.4, -0.2) is 36.2 Å². The molecular weight excluding hydrogens is 294 g/mol. The molecule has 2 atom stereocenters. The lowest BCUT2D eigenvalue weighted by Gasteiger charge is -2.17. The fraction of sp³-hybridized carbons (Fsp3) is 0.333. The van der Waals surface area contributed by atoms with Crippen LogP contribution in [0.15, 0.2) is 42.5 Å². The van der Waals surface area contributed by atoms with Gasteiger partial charge in [-0.1, -0.05) is 42.5 Å². The molecule has 0 bridgehead atoms. The predicted molar refractivity (Wildman–Crippen MR) is 86.1 cm³/mol. The SMILES string of the molecule is O=C(N[C@H](Cc1ccc2ccccc2c1)C(=O)O)[C@H]1CCOC1. The first kappa shape index (κ1) is 15.5. The van der Waals surface area contributed by atoms with Gasteiger partial charge in [0.15, 0.2) is 0 Å². The monoisotopic (exact) mass is 313 g/mol. The van der Waals surface area contributed by atoms with Gasteiger partial charge < -0.3 is 15.2 Å². The molecule has 1 aliphatic rings. The van der Waals surface area contributed by atoms with Crippen LogP contribution in [0.2, 0.25) is 0 Å². The average molecular weight is 313 g/mol. The Labute approximate surface area is 134 Å². The van der Waals surface area contributed by atoms with Crippen LogP contribution in [0.1, 0.15) is 12.0 Å². The number of carboxylic acids is 1. The highest BCUT2D eigenvalue weighted by molar-refractivity contribution is 5.86. The van der Waals surface area contributed by atoms with Gasteiger partial charge >= 0.3 is 5.97 Å². The van der Waals surface area contributed by atoms with Crippen LogP contribution in [0.25, 0.3) is 10.8 Å². The number of ether oxygens (including phenoxy) is 1. The Morgan fingerprint density at radius 1 is 1.22 bits per heavy atom. The summed E-state index contributed by atoms with van der Waals surface area (Å²) in [7, 11) is 0. The first-order chi connectivity index (χ1) is 11.1. The minimum atomic E-state index is -1.02. The normalized spacial score (nSPS) is 18.7. The molecule has 23 heavy (non-hydrogen) atoms. The fourth-order valence-corrected chi connectivity index (χ4v) is 2.83. The van der Waals surface area contributed by atoms with E-state index >= 15 is 0 Å². The number of carboxylic acid groups (broad SMARTS) is 1. The van der Waals surface area contributed by atoms with Gasteiger partial charge in [-0.2, -0.15) is 0 Å². The first-order valence-electron chi connectivity index (χ1n) is 7.72. The van der Waals surface area contributed by atoms with E-state index in [0.29, 0.717) is 19.6 Å². The number of rotatable bonds is 5. The molecule has 1 amide bonds. The summed E-state index contributed by atoms with van der Waals surface area (Å²) < 4.78 is 5.18. The molecule has 120 valence electrons. The molecule has 0 aliphatic carbocycles. The van der Waals surface area contributed by atoms with Crippen LogP contribution in [0.4, 0.5) is 0 Å². The van der Waals surface area contributed by atoms with E-state index in [-0.39, 0.29) is 18.2 Å². The van der Waals surface area contributed by atoms with Crippen molar-refractivity contribution < 1.29 is 19.4 Å². The summed E-state index contributed by atoms with van der Waals surface area (Å²) in [5.41, 5.74) is 0.888. The van der Waals surface area contributed by atoms with Crippen LogP contribution in [0, 0.1) is 5.92 Å². The Balaban J connectivity index is 1.72. The van der Waals surface area contributed by atoms with Gasteiger partial charge in [0.2, 0.25) is 5.91 Å². The smallest absolute Gasteiger partial charge is 0.326 e. The Morgan fingerprint density at radius 3 is 2.70 bits per heavy atom. The third-order valence-corrected chi connectivity index (χ3v) is 4.17. The summed E-state index contributed by atoms with van der Waals surface area (Å²) in [6.45, 7) is 0.925. The molecule has 1 aliphatic heterocycles. The van der Waals surface area contributed by atoms with Crippen LogP contribution in [-0.2, 0) is 20.7 Å². The maximum Gasteiger partial charge on any atom is 0.326 e. The Bertz CT molecular complexity index is 722. The van der Waals surface area contributed by atoms with Crippen molar-refractivity contribution in [2.24, 2.45) is 5.92 Å². The van der Waals surface area contributed by atoms with E-state index in [0.717, 1.165) is 16.3 Å². The number of hydrogen-bond donors (Lipinski definition) is 2. The van der Waals surface area contributed by atoms with E-state index in [4.69, 9.17) is 4.74 Å². The van der Waals surface area contributed by atoms with E-state index in [1.807, 2.05) is 42.5 Å². The number of aliphatic carboxylic acids is 1. The van der Waals surface area contributed by atoms with Gasteiger partial charge in [0, 0.05) is 13.0 Å². The lowest BCUT2D eigenvalue weighted by molar-refractivity contribution is -0.142. The molecule has 2 aromatic rings. The van der Waals surface area contributed by atoms with Gasteiger partial charge in [0.05, 0.1) is 12.5 Å². The van der Waals surface area contributed by atoms with E-state index in [9.17, 15) is 14.7 Å². The minimum Gasteiger partial charge on any atom is -0.480 e. The second kappa shape index (κ2) is 6.79. The summed E-state index contributed by atoms with van der Waals surface area (Å²) in [5, 5.41) is 14.2. The maximum absolute atomic E-state index is 12.1. The summed E-state index contributed by atoms with van der Waals surface area (Å²) in [6.07, 6.45) is 0.910. The summed E-state index contributed by atoms with van der Waals surface area (Å²) in [4.78, 5) is 23.6. The number of fused-ring (bicyclic) bond motifs is 1. The van der Waals surface area contributed by atoms with E-state index in [1.54, 1.807) is 0 Å². The van der Waals surface area contributed by atoms with Gasteiger partial charge in [-0.25, -0.2) is 4.79 Å². The molecule has 0 saturated carbocycles. The molecular formula is C18H19NO4. The third-order valence-electron chi connectivity index (χ3n) is 4.17. The Hall–Kier alpha value is -2.40. The molecule has 2 N–H and O–H groups in total. The zero-order valence-corrected chi connectivity index (χ0v) is 12.7. The molecule has 1 saturated heterocycles. The van der Waals surface area contributed by atoms with Gasteiger partial charge in [0.25, 0.3) is 0 Å². The van der Waals surface area contributed by atoms with Crippen molar-refractivity contribution in [3.63, 3.8) is 0 Å². The Kier molecular flexibility index (Phi) is 4.57. The molecule has 0 spiro atoms. The van der Waals surface area contributed by atoms with Crippen molar-refractivity contribution in [3.05, 3.63) is 48.0 Å². The number of nitrogens with one attached hydrogen (secondary N) is 1. The van der Waals surface area contributed by atoms with Gasteiger partial charge in [-0.05, 0) is 22.8 Å². The van der Waals surface area contributed by atoms with Crippen molar-refractivity contribution in [1.82, 2.24) is 5.32 Å². The van der Waals surface area contributed by atoms with Crippen LogP contribution >= 0.6 is 0 Å². The standard InChI is InChI=1S/C18H19NO4/c20-17(15-7-8-23-11-15)19-16(18(21)22)10-12-5-6-13-3-1-2-4-14(13)9-12/h1-6,9,15-16H,7-8,10-11H2,(H,19,20)(H,21,22)/t15-,16+/m0/s1. The van der Waals surface area contributed by atoms with Crippen LogP contribution in [0.3, 0.4) is 0 Å². The van der Waals surface area contributed by atoms with E-state index in [1.165, 1.54) is 0 Å². The van der Waals surface area contributed by atoms with Gasteiger partial charge in [-0.3, -0.25) is 4.79 Å². The highest BCUT2D eigenvalue weighted by atomic mass is 16.5. The van der Waals surface area contributed by atoms with Crippen molar-refractivity contribution in [2.45, 2.75) is 18.9 Å². The van der Waals surface area contributed by atoms with Crippen molar-refractivity contribution in [2.75, 3.05) is 13.2 Å². The number of hydrogen-bond acceptors (Lipinski definition) is 3. The fourth-order valence-electron chi connectivity index (χ4n) is 2.83. The first-order valence-corrected chi connectivity index (χ1v) is 7.72. The van der Waals surface area contributed by atoms with Crippen molar-refractivity contribution in [3.8, 4) is 0 Å². The molecule has 3 rings (SSSR count). The molecule has 1 fully saturated rings. The third kappa shape index (κ3) is 3.68. The highest BCUT2D eigenvalue weighted by Crippen LogP contribution is 2.17. The van der Waals surface area contributed by atoms with Crippen molar-refractivity contribution in [1.29, 1.82) is 0 Å². The van der Waals surface area contributed by atoms with Gasteiger partial charge in [0.1, 0.15) is 6.04 Å². The van der Waals surface area contributed by atoms with Crippen molar-refractivity contribution >= 4 is 22.6 Å². The summed E-state index contributed by atoms with van der Waals surface area (Å²) in [5.74, 6) is -1.51. The number of amides is 1. The summed E-state index contributed by atoms with van der Waals surface area (Å²) >= 11 is 0. The number of benzene rings is 2. The largest absolute Gasteiger partial charge is 0.480 e. The second-order valence-electron chi connectivity index (χ2n) is 5.85. The zero-order valence-electron chi connectivity index (χ0n) is 12.7. The van der Waals surface area contributed by atoms with Gasteiger partial charge in [-0.15, -0.1) is 0 Å². The lowest BCUT2D eigenvalue weighted by atomic mass is 10.0. The molecule has 1 heterocycles. The quantitative estimate of drug-likeness (QED) is 0.885. The molecule has 5 nitrogen and oxygen atoms in total. The molecule has 2 aromatic carbocycles. The number of carbonyl (C=O) groups is 2. The van der Waals surface area contributed by atoms with Crippen LogP contribution < -0.4 is 5.32 Å². The van der Waals surface area contributed by atoms with Crippen LogP contribution in [0.5, 0.6) is 0 Å². The number of carbonyl (C=O) groups excluding carboxylic acids is 1. The zero-order chi connectivity index (χ0) is 16.2. The van der Waals surface area contributed by atoms with E-state index in [2.05, 4.69) is 5.32 Å². The highest BCUT2D eigenvalue weighted by Gasteiger charge is 2.28. The molecule has 0 aromatic heterocycles. The summed E-state index contributed by atoms with van der Waals surface area (Å²) in [6, 6.07) is 12.8. The lowest BCUT2D eigenvalue weighted by Crippen LogP contribution is -2.45. The molecule has 0 radical (unpaired) electrons. The predicted octanol–water partition coefficient (Wildman–Crippen LogP) is 1.99. The topological polar surface area (TPSA) is 75.6 Å². The molecule has 0 unspecified atom stereocenters. The van der Waals surface area contributed by atoms with E-state index < -0.39 is 12.0 Å². The second-order valence-corrected chi connectivity index (χ2v) is 5.85. The Morgan fingerprint density at radius 2 is 2.00 bits per heavy atom. The molecule has 5 heteroatoms. The minimum absolute atomic E-state index is 0.240. The average Bonchev–Trinajstić information content (AvgIpc) is 3.08. The maximum atomic E-state index is 12.1.